The van der Waals surface area contributed by atoms with E-state index in [0.29, 0.717) is 0 Å². The molecule has 6 nitrogen and oxygen atoms in total. The van der Waals surface area contributed by atoms with Crippen molar-refractivity contribution in [3.8, 4) is 0 Å². The van der Waals surface area contributed by atoms with Crippen molar-refractivity contribution in [2.45, 2.75) is 6.92 Å². The van der Waals surface area contributed by atoms with Crippen molar-refractivity contribution >= 4 is 12.3 Å². The van der Waals surface area contributed by atoms with E-state index in [0.717, 1.165) is 12.0 Å². The Labute approximate surface area is 63.0 Å². The Morgan fingerprint density at radius 3 is 3.00 bits per heavy atom. The molecule has 11 heavy (non-hydrogen) atoms. The van der Waals surface area contributed by atoms with Crippen LogP contribution in [-0.2, 0) is 0 Å². The Morgan fingerprint density at radius 1 is 1.64 bits per heavy atom. The van der Waals surface area contributed by atoms with Crippen molar-refractivity contribution in [2.24, 2.45) is 4.99 Å². The minimum absolute atomic E-state index is 0.206. The molecule has 0 saturated carbocycles. The average Bonchev–Trinajstić information content (AvgIpc) is 2.04. The molecule has 0 aliphatic rings. The molecule has 0 aliphatic carbocycles. The van der Waals surface area contributed by atoms with E-state index >= 15 is 0 Å². The van der Waals surface area contributed by atoms with Gasteiger partial charge in [0.15, 0.2) is 0 Å². The van der Waals surface area contributed by atoms with Crippen molar-refractivity contribution in [3.63, 3.8) is 0 Å². The minimum Gasteiger partial charge on any atom is -0.290 e. The first-order valence-corrected chi connectivity index (χ1v) is 2.91. The van der Waals surface area contributed by atoms with Gasteiger partial charge in [0.05, 0.1) is 11.9 Å². The smallest absolute Gasteiger partial charge is 0.270 e. The monoisotopic (exact) mass is 153 g/mol. The number of nitrogens with zero attached hydrogens (tertiary/aromatic N) is 4. The van der Waals surface area contributed by atoms with E-state index in [2.05, 4.69) is 20.2 Å². The van der Waals surface area contributed by atoms with Crippen molar-refractivity contribution in [1.82, 2.24) is 20.7 Å². The van der Waals surface area contributed by atoms with Gasteiger partial charge in [-0.25, -0.2) is 4.98 Å². The number of nitrogens with one attached hydrogen (secondary N) is 1. The molecule has 1 rings (SSSR count). The lowest BCUT2D eigenvalue weighted by atomic mass is 10.6. The summed E-state index contributed by atoms with van der Waals surface area (Å²) in [6, 6.07) is 0. The number of hydrogen-bond acceptors (Lipinski definition) is 5. The molecular formula is C5H7N5O. The Hall–Kier alpha value is -1.56. The van der Waals surface area contributed by atoms with Crippen molar-refractivity contribution in [3.05, 3.63) is 11.9 Å². The lowest BCUT2D eigenvalue weighted by Gasteiger charge is -1.89. The Bertz CT molecular complexity index is 244. The highest BCUT2D eigenvalue weighted by atomic mass is 16.5. The number of aromatic nitrogens is 3. The molecule has 0 bridgehead atoms. The minimum atomic E-state index is 0.206. The molecule has 58 valence electrons. The molecule has 1 aromatic heterocycles. The van der Waals surface area contributed by atoms with Crippen LogP contribution in [0.15, 0.2) is 11.2 Å². The largest absolute Gasteiger partial charge is 0.290 e. The predicted molar refractivity (Wildman–Crippen MR) is 37.6 cm³/mol. The van der Waals surface area contributed by atoms with Gasteiger partial charge in [0, 0.05) is 0 Å². The third kappa shape index (κ3) is 2.26. The second-order valence-electron chi connectivity index (χ2n) is 1.79. The molecule has 1 aromatic rings. The van der Waals surface area contributed by atoms with Gasteiger partial charge >= 0.3 is 0 Å². The maximum atomic E-state index is 8.11. The van der Waals surface area contributed by atoms with Crippen molar-refractivity contribution < 1.29 is 5.21 Å². The third-order valence-corrected chi connectivity index (χ3v) is 0.902. The van der Waals surface area contributed by atoms with E-state index in [1.807, 2.05) is 0 Å². The summed E-state index contributed by atoms with van der Waals surface area (Å²) in [5.41, 5.74) is 2.45. The topological polar surface area (TPSA) is 83.3 Å². The van der Waals surface area contributed by atoms with Crippen LogP contribution in [0, 0.1) is 6.92 Å². The first-order chi connectivity index (χ1) is 5.33. The number of hydrogen-bond donors (Lipinski definition) is 2. The Kier molecular flexibility index (Phi) is 2.45. The van der Waals surface area contributed by atoms with E-state index in [1.54, 1.807) is 12.4 Å². The molecule has 2 N–H and O–H groups in total. The third-order valence-electron chi connectivity index (χ3n) is 0.902. The Balaban J connectivity index is 2.73. The second-order valence-corrected chi connectivity index (χ2v) is 1.79. The van der Waals surface area contributed by atoms with Crippen LogP contribution in [0.25, 0.3) is 0 Å². The van der Waals surface area contributed by atoms with Gasteiger partial charge in [-0.15, -0.1) is 5.10 Å². The summed E-state index contributed by atoms with van der Waals surface area (Å²) >= 11 is 0. The fraction of sp³-hybridized carbons (Fsp3) is 0.200. The van der Waals surface area contributed by atoms with Crippen LogP contribution in [0.4, 0.5) is 5.95 Å². The van der Waals surface area contributed by atoms with Crippen molar-refractivity contribution in [2.75, 3.05) is 0 Å². The SMILES string of the molecule is Cc1cnc(N=CNO)nn1. The van der Waals surface area contributed by atoms with Crippen LogP contribution in [0.1, 0.15) is 5.69 Å². The molecular weight excluding hydrogens is 146 g/mol. The fourth-order valence-corrected chi connectivity index (χ4v) is 0.472. The predicted octanol–water partition coefficient (Wildman–Crippen LogP) is -0.181. The van der Waals surface area contributed by atoms with Crippen LogP contribution in [-0.4, -0.2) is 26.7 Å². The molecule has 0 aromatic carbocycles. The number of aliphatic imine (C=N–C) groups is 1. The summed E-state index contributed by atoms with van der Waals surface area (Å²) in [7, 11) is 0. The Morgan fingerprint density at radius 2 is 2.45 bits per heavy atom. The number of aryl methyl sites for hydroxylation is 1. The molecule has 6 heteroatoms. The highest BCUT2D eigenvalue weighted by Gasteiger charge is 1.90. The van der Waals surface area contributed by atoms with Gasteiger partial charge in [0.1, 0.15) is 6.34 Å². The molecule has 1 heterocycles. The summed E-state index contributed by atoms with van der Waals surface area (Å²) < 4.78 is 0. The standard InChI is InChI=1S/C5H7N5O/c1-4-2-6-5(10-9-4)7-3-8-11/h2-3,11H,1H3,(H,6,7,8,10). The lowest BCUT2D eigenvalue weighted by molar-refractivity contribution is 0.240. The zero-order chi connectivity index (χ0) is 8.10. The summed E-state index contributed by atoms with van der Waals surface area (Å²) in [6.45, 7) is 1.78. The molecule has 0 aliphatic heterocycles. The maximum Gasteiger partial charge on any atom is 0.270 e. The molecule has 0 radical (unpaired) electrons. The molecule has 0 fully saturated rings. The van der Waals surface area contributed by atoms with Crippen LogP contribution < -0.4 is 5.48 Å². The van der Waals surface area contributed by atoms with E-state index in [1.165, 1.54) is 6.20 Å². The summed E-state index contributed by atoms with van der Waals surface area (Å²) in [5, 5.41) is 15.4. The highest BCUT2D eigenvalue weighted by molar-refractivity contribution is 5.56. The number of rotatable bonds is 2. The quantitative estimate of drug-likeness (QED) is 0.350. The summed E-state index contributed by atoms with van der Waals surface area (Å²) in [6.07, 6.45) is 2.60. The zero-order valence-corrected chi connectivity index (χ0v) is 5.89. The lowest BCUT2D eigenvalue weighted by Crippen LogP contribution is -2.01. The van der Waals surface area contributed by atoms with Gasteiger partial charge in [-0.2, -0.15) is 10.1 Å². The summed E-state index contributed by atoms with van der Waals surface area (Å²) in [4.78, 5) is 7.39. The zero-order valence-electron chi connectivity index (χ0n) is 5.89. The fourth-order valence-electron chi connectivity index (χ4n) is 0.472. The van der Waals surface area contributed by atoms with Crippen LogP contribution >= 0.6 is 0 Å². The molecule has 0 spiro atoms. The van der Waals surface area contributed by atoms with Gasteiger partial charge in [0.25, 0.3) is 5.95 Å². The van der Waals surface area contributed by atoms with Gasteiger partial charge in [0.2, 0.25) is 0 Å². The number of hydroxylamine groups is 1. The van der Waals surface area contributed by atoms with Gasteiger partial charge in [-0.3, -0.25) is 10.7 Å². The van der Waals surface area contributed by atoms with E-state index < -0.39 is 0 Å². The first kappa shape index (κ1) is 7.55. The van der Waals surface area contributed by atoms with Gasteiger partial charge in [-0.1, -0.05) is 0 Å². The van der Waals surface area contributed by atoms with Gasteiger partial charge < -0.3 is 0 Å². The second kappa shape index (κ2) is 3.57. The highest BCUT2D eigenvalue weighted by Crippen LogP contribution is 1.97. The van der Waals surface area contributed by atoms with Crippen LogP contribution in [0.5, 0.6) is 0 Å². The normalized spacial score (nSPS) is 10.4. The van der Waals surface area contributed by atoms with Crippen LogP contribution in [0.2, 0.25) is 0 Å². The maximum absolute atomic E-state index is 8.11. The molecule has 0 saturated heterocycles. The summed E-state index contributed by atoms with van der Waals surface area (Å²) in [5.74, 6) is 0.206. The van der Waals surface area contributed by atoms with E-state index in [9.17, 15) is 0 Å². The first-order valence-electron chi connectivity index (χ1n) is 2.91. The van der Waals surface area contributed by atoms with E-state index in [4.69, 9.17) is 5.21 Å². The molecule has 0 atom stereocenters. The van der Waals surface area contributed by atoms with Crippen LogP contribution in [0.3, 0.4) is 0 Å². The molecule has 0 amide bonds. The molecule has 0 unspecified atom stereocenters. The van der Waals surface area contributed by atoms with Crippen molar-refractivity contribution in [1.29, 1.82) is 0 Å². The van der Waals surface area contributed by atoms with Gasteiger partial charge in [-0.05, 0) is 6.92 Å². The van der Waals surface area contributed by atoms with E-state index in [-0.39, 0.29) is 5.95 Å². The average molecular weight is 153 g/mol.